The Hall–Kier alpha value is -4.06. The molecule has 1 atom stereocenters. The maximum absolute atomic E-state index is 14.4. The Bertz CT molecular complexity index is 1480. The van der Waals surface area contributed by atoms with Gasteiger partial charge in [-0.2, -0.15) is 0 Å². The van der Waals surface area contributed by atoms with Gasteiger partial charge in [0.15, 0.2) is 0 Å². The first-order chi connectivity index (χ1) is 16.7. The third-order valence-corrected chi connectivity index (χ3v) is 7.29. The molecule has 6 heteroatoms. The molecule has 0 fully saturated rings. The smallest absolute Gasteiger partial charge is 0.246 e. The van der Waals surface area contributed by atoms with Crippen molar-refractivity contribution in [3.8, 4) is 17.2 Å². The summed E-state index contributed by atoms with van der Waals surface area (Å²) in [7, 11) is 1.65. The Morgan fingerprint density at radius 1 is 1.06 bits per heavy atom. The predicted molar refractivity (Wildman–Crippen MR) is 128 cm³/mol. The molecule has 0 N–H and O–H groups in total. The van der Waals surface area contributed by atoms with Gasteiger partial charge >= 0.3 is 0 Å². The van der Waals surface area contributed by atoms with Crippen molar-refractivity contribution < 1.29 is 19.0 Å². The highest BCUT2D eigenvalue weighted by Gasteiger charge is 2.58. The van der Waals surface area contributed by atoms with E-state index in [1.807, 2.05) is 53.4 Å². The normalized spacial score (nSPS) is 19.7. The highest BCUT2D eigenvalue weighted by atomic mass is 16.5. The second-order valence-corrected chi connectivity index (χ2v) is 9.02. The number of hydrogen-bond acceptors (Lipinski definition) is 5. The minimum Gasteiger partial charge on any atom is -0.497 e. The van der Waals surface area contributed by atoms with E-state index in [2.05, 4.69) is 17.1 Å². The van der Waals surface area contributed by atoms with Gasteiger partial charge in [-0.1, -0.05) is 18.2 Å². The minimum absolute atomic E-state index is 0.0345. The number of nitrogens with zero attached hydrogens (tertiary/aromatic N) is 2. The number of carbonyl (C=O) groups excluding carboxylic acids is 1. The number of amides is 1. The van der Waals surface area contributed by atoms with Crippen LogP contribution in [0.3, 0.4) is 0 Å². The van der Waals surface area contributed by atoms with E-state index in [1.165, 1.54) is 0 Å². The van der Waals surface area contributed by atoms with Crippen LogP contribution in [-0.4, -0.2) is 31.2 Å². The lowest BCUT2D eigenvalue weighted by molar-refractivity contribution is -0.122. The van der Waals surface area contributed by atoms with E-state index in [9.17, 15) is 4.79 Å². The van der Waals surface area contributed by atoms with Crippen LogP contribution in [0, 0.1) is 0 Å². The van der Waals surface area contributed by atoms with E-state index in [0.29, 0.717) is 13.2 Å². The number of methoxy groups -OCH3 is 1. The number of hydrogen-bond donors (Lipinski definition) is 0. The van der Waals surface area contributed by atoms with Gasteiger partial charge in [0.25, 0.3) is 0 Å². The van der Waals surface area contributed by atoms with E-state index < -0.39 is 5.41 Å². The summed E-state index contributed by atoms with van der Waals surface area (Å²) < 4.78 is 17.3. The molecule has 3 aliphatic heterocycles. The first kappa shape index (κ1) is 19.4. The Labute approximate surface area is 196 Å². The number of rotatable bonds is 3. The Morgan fingerprint density at radius 3 is 2.79 bits per heavy atom. The average Bonchev–Trinajstić information content (AvgIpc) is 3.55. The fourth-order valence-electron chi connectivity index (χ4n) is 5.64. The lowest BCUT2D eigenvalue weighted by Gasteiger charge is -2.24. The second kappa shape index (κ2) is 6.97. The van der Waals surface area contributed by atoms with Gasteiger partial charge in [0.1, 0.15) is 29.3 Å². The van der Waals surface area contributed by atoms with Gasteiger partial charge in [0.2, 0.25) is 5.91 Å². The molecule has 0 bridgehead atoms. The van der Waals surface area contributed by atoms with Gasteiger partial charge in [-0.3, -0.25) is 9.78 Å². The van der Waals surface area contributed by atoms with E-state index in [4.69, 9.17) is 14.2 Å². The van der Waals surface area contributed by atoms with Crippen LogP contribution in [0.1, 0.15) is 22.3 Å². The number of pyridine rings is 1. The zero-order valence-electron chi connectivity index (χ0n) is 18.7. The topological polar surface area (TPSA) is 60.9 Å². The molecule has 3 aromatic carbocycles. The molecular weight excluding hydrogens is 428 g/mol. The second-order valence-electron chi connectivity index (χ2n) is 9.02. The maximum atomic E-state index is 14.4. The van der Waals surface area contributed by atoms with Crippen molar-refractivity contribution in [1.29, 1.82) is 0 Å². The molecular formula is C28H22N2O4. The van der Waals surface area contributed by atoms with Crippen LogP contribution in [0.2, 0.25) is 0 Å². The van der Waals surface area contributed by atoms with Crippen molar-refractivity contribution in [1.82, 2.24) is 4.98 Å². The molecule has 1 unspecified atom stereocenters. The highest BCUT2D eigenvalue weighted by molar-refractivity contribution is 6.15. The van der Waals surface area contributed by atoms with Crippen LogP contribution in [0.5, 0.6) is 17.2 Å². The minimum atomic E-state index is -0.905. The Morgan fingerprint density at radius 2 is 1.94 bits per heavy atom. The molecule has 4 aromatic rings. The van der Waals surface area contributed by atoms with E-state index in [1.54, 1.807) is 13.3 Å². The van der Waals surface area contributed by atoms with Gasteiger partial charge in [-0.15, -0.1) is 0 Å². The van der Waals surface area contributed by atoms with Gasteiger partial charge in [-0.05, 0) is 47.5 Å². The van der Waals surface area contributed by atoms with Crippen LogP contribution >= 0.6 is 0 Å². The van der Waals surface area contributed by atoms with Crippen molar-refractivity contribution in [3.05, 3.63) is 89.1 Å². The zero-order chi connectivity index (χ0) is 22.9. The van der Waals surface area contributed by atoms with Crippen LogP contribution in [0.15, 0.2) is 66.9 Å². The lowest BCUT2D eigenvalue weighted by atomic mass is 9.75. The molecule has 1 amide bonds. The van der Waals surface area contributed by atoms with E-state index in [0.717, 1.165) is 62.5 Å². The summed E-state index contributed by atoms with van der Waals surface area (Å²) in [6, 6.07) is 19.9. The molecule has 0 aliphatic carbocycles. The Balaban J connectivity index is 1.44. The monoisotopic (exact) mass is 450 g/mol. The number of aromatic nitrogens is 1. The molecule has 4 heterocycles. The molecule has 1 aromatic heterocycles. The molecule has 7 rings (SSSR count). The molecule has 168 valence electrons. The van der Waals surface area contributed by atoms with Crippen molar-refractivity contribution in [3.63, 3.8) is 0 Å². The quantitative estimate of drug-likeness (QED) is 0.463. The van der Waals surface area contributed by atoms with Crippen LogP contribution < -0.4 is 19.1 Å². The predicted octanol–water partition coefficient (Wildman–Crippen LogP) is 4.40. The van der Waals surface area contributed by atoms with Gasteiger partial charge in [0, 0.05) is 40.9 Å². The number of carbonyl (C=O) groups is 1. The number of fused-ring (bicyclic) bond motifs is 7. The zero-order valence-corrected chi connectivity index (χ0v) is 18.7. The van der Waals surface area contributed by atoms with Gasteiger partial charge in [0.05, 0.1) is 25.8 Å². The third-order valence-electron chi connectivity index (χ3n) is 7.29. The first-order valence-electron chi connectivity index (χ1n) is 11.5. The fraction of sp³-hybridized carbons (Fsp3) is 0.214. The molecule has 3 aliphatic rings. The molecule has 0 saturated heterocycles. The van der Waals surface area contributed by atoms with Crippen molar-refractivity contribution in [2.24, 2.45) is 0 Å². The summed E-state index contributed by atoms with van der Waals surface area (Å²) >= 11 is 0. The molecule has 0 radical (unpaired) electrons. The van der Waals surface area contributed by atoms with E-state index >= 15 is 0 Å². The molecule has 0 saturated carbocycles. The summed E-state index contributed by atoms with van der Waals surface area (Å²) in [5, 5.41) is 0.985. The molecule has 6 nitrogen and oxygen atoms in total. The number of benzene rings is 3. The van der Waals surface area contributed by atoms with Crippen molar-refractivity contribution >= 4 is 22.5 Å². The fourth-order valence-corrected chi connectivity index (χ4v) is 5.64. The Kier molecular flexibility index (Phi) is 3.98. The SMILES string of the molecule is COc1ccc(CN2C(=O)C3(COc4cc5c(cc43)CCO5)c3c2ccc2ncccc32)cc1. The van der Waals surface area contributed by atoms with Gasteiger partial charge < -0.3 is 19.1 Å². The highest BCUT2D eigenvalue weighted by Crippen LogP contribution is 2.56. The average molecular weight is 450 g/mol. The number of ether oxygens (including phenoxy) is 3. The molecule has 34 heavy (non-hydrogen) atoms. The third kappa shape index (κ3) is 2.51. The van der Waals surface area contributed by atoms with Crippen molar-refractivity contribution in [2.45, 2.75) is 18.4 Å². The van der Waals surface area contributed by atoms with Crippen LogP contribution in [0.25, 0.3) is 10.9 Å². The first-order valence-corrected chi connectivity index (χ1v) is 11.5. The molecule has 1 spiro atoms. The summed E-state index contributed by atoms with van der Waals surface area (Å²) in [6.45, 7) is 1.39. The van der Waals surface area contributed by atoms with Crippen molar-refractivity contribution in [2.75, 3.05) is 25.2 Å². The summed E-state index contributed by atoms with van der Waals surface area (Å²) in [5.41, 5.74) is 4.95. The summed E-state index contributed by atoms with van der Waals surface area (Å²) in [5.74, 6) is 2.41. The van der Waals surface area contributed by atoms with Gasteiger partial charge in [-0.25, -0.2) is 0 Å². The number of anilines is 1. The maximum Gasteiger partial charge on any atom is 0.246 e. The van der Waals surface area contributed by atoms with Crippen LogP contribution in [0.4, 0.5) is 5.69 Å². The largest absolute Gasteiger partial charge is 0.497 e. The summed E-state index contributed by atoms with van der Waals surface area (Å²) in [4.78, 5) is 20.9. The lowest BCUT2D eigenvalue weighted by Crippen LogP contribution is -2.42. The van der Waals surface area contributed by atoms with Crippen LogP contribution in [-0.2, 0) is 23.2 Å². The standard InChI is InChI=1S/C28H22N2O4/c1-32-19-6-4-17(5-7-19)15-30-23-9-8-22-20(3-2-11-29-22)26(23)28(27(30)31)16-34-25-14-24-18(10-12-33-24)13-21(25)28/h2-9,11,13-14H,10,12,15-16H2,1H3. The van der Waals surface area contributed by atoms with E-state index in [-0.39, 0.29) is 12.5 Å². The summed E-state index contributed by atoms with van der Waals surface area (Å²) in [6.07, 6.45) is 2.63.